The van der Waals surface area contributed by atoms with E-state index in [0.717, 1.165) is 37.7 Å². The summed E-state index contributed by atoms with van der Waals surface area (Å²) in [5.74, 6) is -2.79. The molecule has 4 aliphatic carbocycles. The first-order chi connectivity index (χ1) is 17.3. The maximum atomic E-state index is 13.9. The third-order valence-corrected chi connectivity index (χ3v) is 9.52. The summed E-state index contributed by atoms with van der Waals surface area (Å²) >= 11 is 9.80. The lowest BCUT2D eigenvalue weighted by atomic mass is 9.59. The standard InChI is InChI=1S/C28H25BrClNO5/c29-20-12-22(33)25-19(26(20)34)11-18-15(23(25)16-7-6-14(32)10-21(16)30)8-9-17-24(18)28(36)31(27(17)35)13-4-2-1-3-5-13/h6-8,10,12-13,17-18,23-24,32H,1-5,9,11H2/t17-,18+,23+,24-/m0/s1. The number of amides is 2. The molecule has 0 unspecified atom stereocenters. The summed E-state index contributed by atoms with van der Waals surface area (Å²) in [4.78, 5) is 55.4. The molecule has 5 aliphatic rings. The number of carbonyl (C=O) groups excluding carboxylic acids is 4. The number of aromatic hydroxyl groups is 1. The van der Waals surface area contributed by atoms with Crippen LogP contribution in [0.4, 0.5) is 0 Å². The number of hydrogen-bond donors (Lipinski definition) is 1. The molecule has 2 amide bonds. The van der Waals surface area contributed by atoms with Crippen LogP contribution in [0.1, 0.15) is 56.4 Å². The highest BCUT2D eigenvalue weighted by molar-refractivity contribution is 9.12. The third kappa shape index (κ3) is 3.50. The Morgan fingerprint density at radius 2 is 1.75 bits per heavy atom. The van der Waals surface area contributed by atoms with E-state index >= 15 is 0 Å². The summed E-state index contributed by atoms with van der Waals surface area (Å²) in [5.41, 5.74) is 2.21. The minimum absolute atomic E-state index is 0.00335. The van der Waals surface area contributed by atoms with Gasteiger partial charge in [0.25, 0.3) is 0 Å². The van der Waals surface area contributed by atoms with Gasteiger partial charge in [0, 0.05) is 34.2 Å². The number of nitrogens with zero attached hydrogens (tertiary/aromatic N) is 1. The number of likely N-dealkylation sites (tertiary alicyclic amines) is 1. The van der Waals surface area contributed by atoms with E-state index in [2.05, 4.69) is 15.9 Å². The second-order valence-electron chi connectivity index (χ2n) is 10.4. The van der Waals surface area contributed by atoms with E-state index in [1.165, 1.54) is 23.1 Å². The van der Waals surface area contributed by atoms with Crippen molar-refractivity contribution < 1.29 is 24.3 Å². The third-order valence-electron chi connectivity index (χ3n) is 8.60. The van der Waals surface area contributed by atoms with Gasteiger partial charge >= 0.3 is 0 Å². The van der Waals surface area contributed by atoms with E-state index < -0.39 is 17.8 Å². The molecule has 1 aliphatic heterocycles. The van der Waals surface area contributed by atoms with Crippen LogP contribution in [0.5, 0.6) is 5.75 Å². The summed E-state index contributed by atoms with van der Waals surface area (Å²) in [6, 6.07) is 4.54. The first-order valence-electron chi connectivity index (χ1n) is 12.5. The Kier molecular flexibility index (Phi) is 5.84. The van der Waals surface area contributed by atoms with Crippen LogP contribution in [0.3, 0.4) is 0 Å². The van der Waals surface area contributed by atoms with Gasteiger partial charge in [-0.3, -0.25) is 24.1 Å². The van der Waals surface area contributed by atoms with Crippen molar-refractivity contribution in [1.29, 1.82) is 0 Å². The van der Waals surface area contributed by atoms with Gasteiger partial charge < -0.3 is 5.11 Å². The van der Waals surface area contributed by atoms with Crippen LogP contribution >= 0.6 is 27.5 Å². The first kappa shape index (κ1) is 23.9. The van der Waals surface area contributed by atoms with Gasteiger partial charge in [0.05, 0.1) is 16.3 Å². The lowest BCUT2D eigenvalue weighted by molar-refractivity contribution is -0.143. The molecule has 6 nitrogen and oxygen atoms in total. The Morgan fingerprint density at radius 3 is 2.47 bits per heavy atom. The Morgan fingerprint density at radius 1 is 1.00 bits per heavy atom. The summed E-state index contributed by atoms with van der Waals surface area (Å²) in [6.45, 7) is 0. The van der Waals surface area contributed by atoms with Crippen LogP contribution in [0.25, 0.3) is 0 Å². The van der Waals surface area contributed by atoms with Crippen molar-refractivity contribution >= 4 is 50.9 Å². The minimum atomic E-state index is -0.618. The molecule has 1 saturated carbocycles. The Bertz CT molecular complexity index is 1320. The van der Waals surface area contributed by atoms with Gasteiger partial charge in [0.15, 0.2) is 11.6 Å². The number of fused-ring (bicyclic) bond motifs is 3. The summed E-state index contributed by atoms with van der Waals surface area (Å²) in [6.07, 6.45) is 8.77. The number of imide groups is 1. The molecule has 36 heavy (non-hydrogen) atoms. The highest BCUT2D eigenvalue weighted by atomic mass is 79.9. The molecular weight excluding hydrogens is 546 g/mol. The zero-order valence-corrected chi connectivity index (χ0v) is 21.8. The predicted octanol–water partition coefficient (Wildman–Crippen LogP) is 5.14. The van der Waals surface area contributed by atoms with Crippen LogP contribution in [0.2, 0.25) is 5.02 Å². The molecule has 0 bridgehead atoms. The van der Waals surface area contributed by atoms with Gasteiger partial charge in [-0.05, 0) is 65.2 Å². The van der Waals surface area contributed by atoms with Gasteiger partial charge in [0.2, 0.25) is 11.8 Å². The van der Waals surface area contributed by atoms with Crippen molar-refractivity contribution in [3.8, 4) is 5.75 Å². The molecule has 1 N–H and O–H groups in total. The van der Waals surface area contributed by atoms with Crippen molar-refractivity contribution in [2.75, 3.05) is 0 Å². The smallest absolute Gasteiger partial charge is 0.233 e. The SMILES string of the molecule is O=C1C=C(Br)C(=O)C2=C1[C@@H](c1ccc(O)cc1Cl)C1=CC[C@@H]3C(=O)N(C4CCCCC4)C(=O)[C@@H]3[C@@H]1C2. The van der Waals surface area contributed by atoms with E-state index in [0.29, 0.717) is 23.1 Å². The molecule has 186 valence electrons. The van der Waals surface area contributed by atoms with E-state index in [4.69, 9.17) is 11.6 Å². The number of ketones is 2. The molecule has 2 fully saturated rings. The van der Waals surface area contributed by atoms with Gasteiger partial charge in [-0.2, -0.15) is 0 Å². The maximum Gasteiger partial charge on any atom is 0.233 e. The molecule has 0 radical (unpaired) electrons. The number of rotatable bonds is 2. The minimum Gasteiger partial charge on any atom is -0.508 e. The predicted molar refractivity (Wildman–Crippen MR) is 136 cm³/mol. The number of halogens is 2. The Hall–Kier alpha value is -2.51. The highest BCUT2D eigenvalue weighted by Gasteiger charge is 2.57. The van der Waals surface area contributed by atoms with Crippen LogP contribution in [0.15, 0.2) is 51.6 Å². The van der Waals surface area contributed by atoms with Crippen molar-refractivity contribution in [3.05, 3.63) is 62.1 Å². The van der Waals surface area contributed by atoms with Gasteiger partial charge in [-0.1, -0.05) is 48.6 Å². The van der Waals surface area contributed by atoms with Crippen LogP contribution in [-0.4, -0.2) is 39.4 Å². The highest BCUT2D eigenvalue weighted by Crippen LogP contribution is 2.56. The fraction of sp³-hybridized carbons (Fsp3) is 0.429. The molecule has 1 heterocycles. The van der Waals surface area contributed by atoms with Gasteiger partial charge in [-0.25, -0.2) is 0 Å². The van der Waals surface area contributed by atoms with Crippen molar-refractivity contribution in [2.24, 2.45) is 17.8 Å². The van der Waals surface area contributed by atoms with Crippen molar-refractivity contribution in [1.82, 2.24) is 4.90 Å². The van der Waals surface area contributed by atoms with E-state index in [9.17, 15) is 24.3 Å². The fourth-order valence-electron chi connectivity index (χ4n) is 7.04. The van der Waals surface area contributed by atoms with E-state index in [1.54, 1.807) is 6.07 Å². The summed E-state index contributed by atoms with van der Waals surface area (Å²) < 4.78 is 0.194. The van der Waals surface area contributed by atoms with Crippen molar-refractivity contribution in [3.63, 3.8) is 0 Å². The molecule has 0 aromatic heterocycles. The van der Waals surface area contributed by atoms with Crippen LogP contribution < -0.4 is 0 Å². The molecule has 1 aromatic carbocycles. The Labute approximate surface area is 222 Å². The molecule has 0 spiro atoms. The number of benzene rings is 1. The number of phenolic OH excluding ortho intramolecular Hbond substituents is 1. The van der Waals surface area contributed by atoms with E-state index in [-0.39, 0.29) is 57.0 Å². The molecule has 1 aromatic rings. The normalized spacial score (nSPS) is 30.7. The van der Waals surface area contributed by atoms with Crippen LogP contribution in [-0.2, 0) is 19.2 Å². The Balaban J connectivity index is 1.47. The van der Waals surface area contributed by atoms with E-state index in [1.807, 2.05) is 6.08 Å². The van der Waals surface area contributed by atoms with Crippen LogP contribution in [0, 0.1) is 17.8 Å². The number of hydrogen-bond acceptors (Lipinski definition) is 5. The zero-order valence-electron chi connectivity index (χ0n) is 19.5. The lowest BCUT2D eigenvalue weighted by Crippen LogP contribution is -2.43. The maximum absolute atomic E-state index is 13.9. The second-order valence-corrected chi connectivity index (χ2v) is 11.7. The number of carbonyl (C=O) groups is 4. The quantitative estimate of drug-likeness (QED) is 0.302. The summed E-state index contributed by atoms with van der Waals surface area (Å²) in [7, 11) is 0. The van der Waals surface area contributed by atoms with Gasteiger partial charge in [0.1, 0.15) is 5.75 Å². The lowest BCUT2D eigenvalue weighted by Gasteiger charge is -2.42. The molecule has 6 rings (SSSR count). The fourth-order valence-corrected chi connectivity index (χ4v) is 7.77. The second kappa shape index (κ2) is 8.80. The number of phenols is 1. The molecule has 1 saturated heterocycles. The summed E-state index contributed by atoms with van der Waals surface area (Å²) in [5, 5.41) is 10.2. The zero-order chi connectivity index (χ0) is 25.3. The first-order valence-corrected chi connectivity index (χ1v) is 13.7. The molecular formula is C28H25BrClNO5. The monoisotopic (exact) mass is 569 g/mol. The largest absolute Gasteiger partial charge is 0.508 e. The topological polar surface area (TPSA) is 91.8 Å². The average Bonchev–Trinajstić information content (AvgIpc) is 3.12. The molecule has 4 atom stereocenters. The number of allylic oxidation sites excluding steroid dienone is 6. The average molecular weight is 571 g/mol. The number of Topliss-reactive ketones (excluding diaryl/α,β-unsaturated/α-hetero) is 1. The van der Waals surface area contributed by atoms with Gasteiger partial charge in [-0.15, -0.1) is 0 Å². The van der Waals surface area contributed by atoms with Crippen molar-refractivity contribution in [2.45, 2.75) is 56.9 Å². The molecule has 8 heteroatoms.